The van der Waals surface area contributed by atoms with E-state index in [4.69, 9.17) is 15.2 Å². The fourth-order valence-corrected chi connectivity index (χ4v) is 3.11. The Morgan fingerprint density at radius 1 is 1.06 bits per heavy atom. The largest absolute Gasteiger partial charge is 0.473 e. The monoisotopic (exact) mass is 425 g/mol. The highest BCUT2D eigenvalue weighted by molar-refractivity contribution is 5.78. The van der Waals surface area contributed by atoms with Crippen molar-refractivity contribution in [2.24, 2.45) is 10.7 Å². The number of carbonyl (C=O) groups is 1. The van der Waals surface area contributed by atoms with Gasteiger partial charge in [-0.2, -0.15) is 0 Å². The smallest absolute Gasteiger partial charge is 0.410 e. The van der Waals surface area contributed by atoms with Crippen LogP contribution in [0.4, 0.5) is 4.79 Å². The number of amides is 1. The number of hydrogen-bond donors (Lipinski definition) is 1. The van der Waals surface area contributed by atoms with Gasteiger partial charge in [-0.1, -0.05) is 36.4 Å². The van der Waals surface area contributed by atoms with Crippen molar-refractivity contribution < 1.29 is 14.3 Å². The quantitative estimate of drug-likeness (QED) is 0.585. The number of pyridine rings is 1. The van der Waals surface area contributed by atoms with Gasteiger partial charge >= 0.3 is 6.09 Å². The summed E-state index contributed by atoms with van der Waals surface area (Å²) in [5, 5.41) is 0. The van der Waals surface area contributed by atoms with Crippen LogP contribution in [0.5, 0.6) is 5.88 Å². The minimum Gasteiger partial charge on any atom is -0.473 e. The van der Waals surface area contributed by atoms with Gasteiger partial charge < -0.3 is 25.0 Å². The summed E-state index contributed by atoms with van der Waals surface area (Å²) in [5.74, 6) is 0.999. The molecule has 1 amide bonds. The van der Waals surface area contributed by atoms with Gasteiger partial charge in [0.2, 0.25) is 5.88 Å². The molecular weight excluding hydrogens is 394 g/mol. The molecule has 1 aliphatic rings. The summed E-state index contributed by atoms with van der Waals surface area (Å²) in [4.78, 5) is 24.7. The molecule has 166 valence electrons. The predicted molar refractivity (Wildman–Crippen MR) is 120 cm³/mol. The summed E-state index contributed by atoms with van der Waals surface area (Å²) < 4.78 is 11.3. The minimum atomic E-state index is -0.501. The molecule has 0 bridgehead atoms. The predicted octanol–water partition coefficient (Wildman–Crippen LogP) is 3.03. The molecule has 1 aromatic carbocycles. The van der Waals surface area contributed by atoms with Gasteiger partial charge in [-0.05, 0) is 32.4 Å². The number of nitrogens with two attached hydrogens (primary N) is 1. The lowest BCUT2D eigenvalue weighted by atomic mass is 10.2. The second-order valence-corrected chi connectivity index (χ2v) is 8.37. The van der Waals surface area contributed by atoms with Gasteiger partial charge in [0.1, 0.15) is 12.2 Å². The lowest BCUT2D eigenvalue weighted by Crippen LogP contribution is -2.53. The summed E-state index contributed by atoms with van der Waals surface area (Å²) >= 11 is 0. The van der Waals surface area contributed by atoms with Gasteiger partial charge in [0.25, 0.3) is 0 Å². The topological polar surface area (TPSA) is 93.3 Å². The van der Waals surface area contributed by atoms with Crippen LogP contribution in [0.25, 0.3) is 0 Å². The number of ether oxygens (including phenoxy) is 2. The van der Waals surface area contributed by atoms with Crippen molar-refractivity contribution in [2.45, 2.75) is 39.5 Å². The van der Waals surface area contributed by atoms with Crippen LogP contribution >= 0.6 is 0 Å². The number of benzene rings is 1. The molecule has 8 nitrogen and oxygen atoms in total. The van der Waals surface area contributed by atoms with Crippen molar-refractivity contribution in [1.29, 1.82) is 0 Å². The molecule has 0 saturated carbocycles. The summed E-state index contributed by atoms with van der Waals surface area (Å²) in [6, 6.07) is 13.7. The van der Waals surface area contributed by atoms with Gasteiger partial charge in [0, 0.05) is 37.9 Å². The Morgan fingerprint density at radius 3 is 2.42 bits per heavy atom. The zero-order chi connectivity index (χ0) is 22.3. The van der Waals surface area contributed by atoms with E-state index in [1.165, 1.54) is 0 Å². The zero-order valence-corrected chi connectivity index (χ0v) is 18.5. The number of aliphatic imine (C=N–C) groups is 1. The highest BCUT2D eigenvalue weighted by atomic mass is 16.6. The molecule has 2 aromatic rings. The molecule has 0 aliphatic carbocycles. The van der Waals surface area contributed by atoms with Crippen molar-refractivity contribution >= 4 is 12.1 Å². The zero-order valence-electron chi connectivity index (χ0n) is 18.5. The van der Waals surface area contributed by atoms with Crippen LogP contribution in [0.3, 0.4) is 0 Å². The SMILES string of the molecule is CC(C)(C)OC(=O)N1CCN(C(N)=NCc2cccnc2OCc2ccccc2)CC1. The Hall–Kier alpha value is -3.29. The Balaban J connectivity index is 1.53. The third-order valence-corrected chi connectivity index (χ3v) is 4.74. The summed E-state index contributed by atoms with van der Waals surface area (Å²) in [7, 11) is 0. The molecule has 0 atom stereocenters. The van der Waals surface area contributed by atoms with E-state index in [-0.39, 0.29) is 6.09 Å². The van der Waals surface area contributed by atoms with Crippen LogP contribution in [0.1, 0.15) is 31.9 Å². The van der Waals surface area contributed by atoms with Gasteiger partial charge in [-0.15, -0.1) is 0 Å². The Bertz CT molecular complexity index is 888. The van der Waals surface area contributed by atoms with Crippen LogP contribution in [0.15, 0.2) is 53.7 Å². The summed E-state index contributed by atoms with van der Waals surface area (Å²) in [6.45, 7) is 8.71. The summed E-state index contributed by atoms with van der Waals surface area (Å²) in [6.07, 6.45) is 1.41. The third kappa shape index (κ3) is 6.87. The first-order valence-corrected chi connectivity index (χ1v) is 10.5. The molecule has 1 aromatic heterocycles. The fourth-order valence-electron chi connectivity index (χ4n) is 3.11. The molecule has 1 fully saturated rings. The second kappa shape index (κ2) is 10.1. The molecule has 8 heteroatoms. The van der Waals surface area contributed by atoms with Crippen LogP contribution in [-0.2, 0) is 17.9 Å². The number of aromatic nitrogens is 1. The number of rotatable bonds is 5. The molecule has 2 N–H and O–H groups in total. The number of hydrogen-bond acceptors (Lipinski definition) is 5. The van der Waals surface area contributed by atoms with Crippen LogP contribution in [0.2, 0.25) is 0 Å². The van der Waals surface area contributed by atoms with E-state index in [0.29, 0.717) is 51.2 Å². The third-order valence-electron chi connectivity index (χ3n) is 4.74. The van der Waals surface area contributed by atoms with E-state index in [9.17, 15) is 4.79 Å². The molecular formula is C23H31N5O3. The van der Waals surface area contributed by atoms with Crippen molar-refractivity contribution in [3.63, 3.8) is 0 Å². The molecule has 1 saturated heterocycles. The lowest BCUT2D eigenvalue weighted by molar-refractivity contribution is 0.0186. The van der Waals surface area contributed by atoms with Crippen molar-refractivity contribution in [2.75, 3.05) is 26.2 Å². The maximum atomic E-state index is 12.2. The highest BCUT2D eigenvalue weighted by Crippen LogP contribution is 2.17. The van der Waals surface area contributed by atoms with Crippen molar-refractivity contribution in [3.8, 4) is 5.88 Å². The Labute approximate surface area is 183 Å². The second-order valence-electron chi connectivity index (χ2n) is 8.37. The molecule has 0 spiro atoms. The Morgan fingerprint density at radius 2 is 1.74 bits per heavy atom. The van der Waals surface area contributed by atoms with E-state index >= 15 is 0 Å². The van der Waals surface area contributed by atoms with Gasteiger partial charge in [0.15, 0.2) is 5.96 Å². The maximum absolute atomic E-state index is 12.2. The average Bonchev–Trinajstić information content (AvgIpc) is 2.76. The number of guanidine groups is 1. The van der Waals surface area contributed by atoms with Crippen molar-refractivity contribution in [1.82, 2.24) is 14.8 Å². The number of carbonyl (C=O) groups excluding carboxylic acids is 1. The molecule has 3 rings (SSSR count). The van der Waals surface area contributed by atoms with Crippen molar-refractivity contribution in [3.05, 3.63) is 59.8 Å². The molecule has 2 heterocycles. The number of nitrogens with zero attached hydrogens (tertiary/aromatic N) is 4. The average molecular weight is 426 g/mol. The Kier molecular flexibility index (Phi) is 7.33. The van der Waals surface area contributed by atoms with E-state index in [2.05, 4.69) is 9.98 Å². The van der Waals surface area contributed by atoms with E-state index in [0.717, 1.165) is 11.1 Å². The van der Waals surface area contributed by atoms with Gasteiger partial charge in [-0.3, -0.25) is 0 Å². The van der Waals surface area contributed by atoms with Gasteiger partial charge in [0.05, 0.1) is 6.54 Å². The first kappa shape index (κ1) is 22.4. The van der Waals surface area contributed by atoms with E-state index in [1.807, 2.05) is 68.1 Å². The molecule has 31 heavy (non-hydrogen) atoms. The highest BCUT2D eigenvalue weighted by Gasteiger charge is 2.26. The van der Waals surface area contributed by atoms with Crippen LogP contribution in [0, 0.1) is 0 Å². The van der Waals surface area contributed by atoms with E-state index in [1.54, 1.807) is 11.1 Å². The van der Waals surface area contributed by atoms with Crippen LogP contribution in [-0.4, -0.2) is 58.6 Å². The summed E-state index contributed by atoms with van der Waals surface area (Å²) in [5.41, 5.74) is 7.66. The van der Waals surface area contributed by atoms with Crippen LogP contribution < -0.4 is 10.5 Å². The standard InChI is InChI=1S/C23H31N5O3/c1-23(2,3)31-22(29)28-14-12-27(13-15-28)21(24)26-16-19-10-7-11-25-20(19)30-17-18-8-5-4-6-9-18/h4-11H,12-17H2,1-3H3,(H2,24,26). The lowest BCUT2D eigenvalue weighted by Gasteiger charge is -2.36. The minimum absolute atomic E-state index is 0.293. The molecule has 0 unspecified atom stereocenters. The van der Waals surface area contributed by atoms with Gasteiger partial charge in [-0.25, -0.2) is 14.8 Å². The maximum Gasteiger partial charge on any atom is 0.410 e. The normalized spacial score (nSPS) is 15.0. The molecule has 0 radical (unpaired) electrons. The first-order valence-electron chi connectivity index (χ1n) is 10.5. The molecule has 1 aliphatic heterocycles. The fraction of sp³-hybridized carbons (Fsp3) is 0.435. The first-order chi connectivity index (χ1) is 14.8. The van der Waals surface area contributed by atoms with E-state index < -0.39 is 5.60 Å². The number of piperazine rings is 1.